The number of hydrogen-bond acceptors (Lipinski definition) is 5. The molecule has 2 N–H and O–H groups in total. The summed E-state index contributed by atoms with van der Waals surface area (Å²) in [6.07, 6.45) is 14.4. The van der Waals surface area contributed by atoms with Gasteiger partial charge in [-0.05, 0) is 70.6 Å². The number of fused-ring (bicyclic) bond motifs is 1. The van der Waals surface area contributed by atoms with Crippen molar-refractivity contribution < 1.29 is 13.9 Å². The Labute approximate surface area is 200 Å². The zero-order valence-electron chi connectivity index (χ0n) is 21.3. The van der Waals surface area contributed by atoms with Crippen LogP contribution >= 0.6 is 0 Å². The zero-order chi connectivity index (χ0) is 23.9. The number of aromatic nitrogens is 1. The molecular formula is C27H45N3O3. The molecule has 1 aromatic carbocycles. The first-order valence-corrected chi connectivity index (χ1v) is 13.0. The van der Waals surface area contributed by atoms with Crippen LogP contribution in [0.1, 0.15) is 104 Å². The summed E-state index contributed by atoms with van der Waals surface area (Å²) in [5.74, 6) is 0. The standard InChI is InChI=1S/C27H45N3O3/c1-5-6-7-8-9-10-11-13-16-22-17-18-24-23(21-22)30-25(32-24)28-19-14-12-15-20-29-26(31)33-27(2,3)4/h17-18,21H,5-16,19-20H2,1-4H3,(H,28,30)(H,29,31). The van der Waals surface area contributed by atoms with Crippen LogP contribution in [-0.2, 0) is 11.2 Å². The number of carbonyl (C=O) groups is 1. The Bertz CT molecular complexity index is 811. The number of oxazole rings is 1. The lowest BCUT2D eigenvalue weighted by Gasteiger charge is -2.19. The van der Waals surface area contributed by atoms with Gasteiger partial charge in [0.05, 0.1) is 0 Å². The maximum atomic E-state index is 11.6. The van der Waals surface area contributed by atoms with Crippen LogP contribution < -0.4 is 10.6 Å². The second-order valence-corrected chi connectivity index (χ2v) is 9.96. The highest BCUT2D eigenvalue weighted by Gasteiger charge is 2.15. The molecule has 0 aliphatic carbocycles. The number of carbonyl (C=O) groups excluding carboxylic acids is 1. The largest absolute Gasteiger partial charge is 0.444 e. The lowest BCUT2D eigenvalue weighted by atomic mass is 10.0. The molecule has 1 amide bonds. The number of rotatable bonds is 16. The second kappa shape index (κ2) is 14.8. The fourth-order valence-electron chi connectivity index (χ4n) is 3.79. The average molecular weight is 460 g/mol. The van der Waals surface area contributed by atoms with Gasteiger partial charge >= 0.3 is 6.09 Å². The van der Waals surface area contributed by atoms with Crippen LogP contribution in [0.2, 0.25) is 0 Å². The number of nitrogens with one attached hydrogen (secondary N) is 2. The van der Waals surface area contributed by atoms with Gasteiger partial charge in [0.25, 0.3) is 6.01 Å². The van der Waals surface area contributed by atoms with Crippen molar-refractivity contribution in [2.75, 3.05) is 18.4 Å². The lowest BCUT2D eigenvalue weighted by molar-refractivity contribution is 0.0527. The van der Waals surface area contributed by atoms with E-state index >= 15 is 0 Å². The summed E-state index contributed by atoms with van der Waals surface area (Å²) in [7, 11) is 0. The van der Waals surface area contributed by atoms with Gasteiger partial charge in [0, 0.05) is 13.1 Å². The molecule has 1 aromatic heterocycles. The van der Waals surface area contributed by atoms with Gasteiger partial charge in [-0.1, -0.05) is 57.9 Å². The van der Waals surface area contributed by atoms with Crippen LogP contribution in [0.4, 0.5) is 10.8 Å². The Balaban J connectivity index is 1.58. The topological polar surface area (TPSA) is 76.4 Å². The van der Waals surface area contributed by atoms with Crippen molar-refractivity contribution in [2.24, 2.45) is 0 Å². The smallest absolute Gasteiger partial charge is 0.407 e. The molecule has 0 unspecified atom stereocenters. The lowest BCUT2D eigenvalue weighted by Crippen LogP contribution is -2.33. The normalized spacial score (nSPS) is 11.6. The van der Waals surface area contributed by atoms with Crippen LogP contribution in [0.25, 0.3) is 11.1 Å². The first-order valence-electron chi connectivity index (χ1n) is 13.0. The summed E-state index contributed by atoms with van der Waals surface area (Å²) >= 11 is 0. The fraction of sp³-hybridized carbons (Fsp3) is 0.704. The fourth-order valence-corrected chi connectivity index (χ4v) is 3.79. The molecule has 6 heteroatoms. The number of aryl methyl sites for hydroxylation is 1. The molecule has 0 saturated carbocycles. The first kappa shape index (κ1) is 27.0. The number of hydrogen-bond donors (Lipinski definition) is 2. The van der Waals surface area contributed by atoms with E-state index in [1.54, 1.807) is 0 Å². The Kier molecular flexibility index (Phi) is 12.1. The van der Waals surface area contributed by atoms with Gasteiger partial charge in [0.2, 0.25) is 0 Å². The number of alkyl carbamates (subject to hydrolysis) is 1. The molecule has 0 fully saturated rings. The van der Waals surface area contributed by atoms with Crippen molar-refractivity contribution in [3.63, 3.8) is 0 Å². The molecule has 0 spiro atoms. The van der Waals surface area contributed by atoms with Gasteiger partial charge < -0.3 is 19.8 Å². The highest BCUT2D eigenvalue weighted by molar-refractivity contribution is 5.75. The third-order valence-corrected chi connectivity index (χ3v) is 5.57. The maximum absolute atomic E-state index is 11.6. The molecule has 0 radical (unpaired) electrons. The van der Waals surface area contributed by atoms with Crippen molar-refractivity contribution in [3.05, 3.63) is 23.8 Å². The van der Waals surface area contributed by atoms with Gasteiger partial charge in [-0.15, -0.1) is 0 Å². The summed E-state index contributed by atoms with van der Waals surface area (Å²) in [5.41, 5.74) is 2.64. The molecule has 0 atom stereocenters. The van der Waals surface area contributed by atoms with Gasteiger partial charge in [-0.25, -0.2) is 4.79 Å². The summed E-state index contributed by atoms with van der Waals surface area (Å²) in [6, 6.07) is 6.95. The number of amides is 1. The van der Waals surface area contributed by atoms with Gasteiger partial charge in [-0.2, -0.15) is 4.98 Å². The molecule has 1 heterocycles. The van der Waals surface area contributed by atoms with E-state index in [4.69, 9.17) is 9.15 Å². The molecule has 0 saturated heterocycles. The monoisotopic (exact) mass is 459 g/mol. The van der Waals surface area contributed by atoms with Gasteiger partial charge in [0.15, 0.2) is 5.58 Å². The van der Waals surface area contributed by atoms with Crippen molar-refractivity contribution in [3.8, 4) is 0 Å². The molecule has 0 bridgehead atoms. The molecular weight excluding hydrogens is 414 g/mol. The Morgan fingerprint density at radius 3 is 2.33 bits per heavy atom. The Morgan fingerprint density at radius 2 is 1.61 bits per heavy atom. The number of benzene rings is 1. The molecule has 2 rings (SSSR count). The van der Waals surface area contributed by atoms with E-state index in [1.807, 2.05) is 26.8 Å². The Hall–Kier alpha value is -2.24. The van der Waals surface area contributed by atoms with Crippen LogP contribution in [0.5, 0.6) is 0 Å². The van der Waals surface area contributed by atoms with E-state index in [-0.39, 0.29) is 6.09 Å². The predicted molar refractivity (Wildman–Crippen MR) is 137 cm³/mol. The van der Waals surface area contributed by atoms with Crippen LogP contribution in [0.3, 0.4) is 0 Å². The zero-order valence-corrected chi connectivity index (χ0v) is 21.3. The van der Waals surface area contributed by atoms with Crippen molar-refractivity contribution in [1.82, 2.24) is 10.3 Å². The quantitative estimate of drug-likeness (QED) is 0.252. The van der Waals surface area contributed by atoms with Gasteiger partial charge in [0.1, 0.15) is 11.1 Å². The average Bonchev–Trinajstić information content (AvgIpc) is 3.15. The third kappa shape index (κ3) is 12.0. The number of anilines is 1. The van der Waals surface area contributed by atoms with Crippen molar-refractivity contribution >= 4 is 23.2 Å². The highest BCUT2D eigenvalue weighted by Crippen LogP contribution is 2.21. The summed E-state index contributed by atoms with van der Waals surface area (Å²) in [6.45, 7) is 9.28. The van der Waals surface area contributed by atoms with Crippen molar-refractivity contribution in [1.29, 1.82) is 0 Å². The van der Waals surface area contributed by atoms with E-state index in [2.05, 4.69) is 34.7 Å². The van der Waals surface area contributed by atoms with E-state index in [9.17, 15) is 4.79 Å². The summed E-state index contributed by atoms with van der Waals surface area (Å²) in [4.78, 5) is 16.2. The minimum Gasteiger partial charge on any atom is -0.444 e. The van der Waals surface area contributed by atoms with Gasteiger partial charge in [-0.3, -0.25) is 0 Å². The summed E-state index contributed by atoms with van der Waals surface area (Å²) in [5, 5.41) is 6.07. The number of ether oxygens (including phenoxy) is 1. The number of nitrogens with zero attached hydrogens (tertiary/aromatic N) is 1. The second-order valence-electron chi connectivity index (χ2n) is 9.96. The SMILES string of the molecule is CCCCCCCCCCc1ccc2oc(NCCCCCNC(=O)OC(C)(C)C)nc2c1. The highest BCUT2D eigenvalue weighted by atomic mass is 16.6. The number of unbranched alkanes of at least 4 members (excludes halogenated alkanes) is 9. The Morgan fingerprint density at radius 1 is 0.939 bits per heavy atom. The predicted octanol–water partition coefficient (Wildman–Crippen LogP) is 7.62. The van der Waals surface area contributed by atoms with Crippen molar-refractivity contribution in [2.45, 2.75) is 110 Å². The minimum atomic E-state index is -0.456. The van der Waals surface area contributed by atoms with E-state index < -0.39 is 5.60 Å². The van der Waals surface area contributed by atoms with Crippen LogP contribution in [0.15, 0.2) is 22.6 Å². The van der Waals surface area contributed by atoms with Crippen LogP contribution in [0, 0.1) is 0 Å². The molecule has 186 valence electrons. The third-order valence-electron chi connectivity index (χ3n) is 5.57. The van der Waals surface area contributed by atoms with Crippen LogP contribution in [-0.4, -0.2) is 29.8 Å². The molecule has 6 nitrogen and oxygen atoms in total. The van der Waals surface area contributed by atoms with E-state index in [0.29, 0.717) is 12.6 Å². The first-order chi connectivity index (χ1) is 15.9. The maximum Gasteiger partial charge on any atom is 0.407 e. The van der Waals surface area contributed by atoms with E-state index in [1.165, 1.54) is 56.9 Å². The molecule has 2 aromatic rings. The molecule has 0 aliphatic heterocycles. The molecule has 33 heavy (non-hydrogen) atoms. The van der Waals surface area contributed by atoms with E-state index in [0.717, 1.165) is 43.3 Å². The summed E-state index contributed by atoms with van der Waals surface area (Å²) < 4.78 is 11.0. The minimum absolute atomic E-state index is 0.353. The molecule has 0 aliphatic rings.